The number of rotatable bonds is 2. The van der Waals surface area contributed by atoms with Crippen molar-refractivity contribution in [2.24, 2.45) is 0 Å². The number of aryl methyl sites for hydroxylation is 1. The van der Waals surface area contributed by atoms with Crippen molar-refractivity contribution < 1.29 is 13.7 Å². The van der Waals surface area contributed by atoms with Crippen molar-refractivity contribution >= 4 is 5.91 Å². The average molecular weight is 261 g/mol. The predicted molar refractivity (Wildman–Crippen MR) is 65.6 cm³/mol. The number of carbonyl (C=O) groups is 1. The van der Waals surface area contributed by atoms with Crippen molar-refractivity contribution in [2.75, 3.05) is 13.1 Å². The quantitative estimate of drug-likeness (QED) is 0.826. The van der Waals surface area contributed by atoms with E-state index in [1.165, 1.54) is 12.5 Å². The van der Waals surface area contributed by atoms with Gasteiger partial charge in [0.15, 0.2) is 5.82 Å². The zero-order chi connectivity index (χ0) is 13.2. The molecule has 0 spiro atoms. The first-order valence-corrected chi connectivity index (χ1v) is 6.35. The highest BCUT2D eigenvalue weighted by Gasteiger charge is 2.29. The second-order valence-corrected chi connectivity index (χ2v) is 4.78. The summed E-state index contributed by atoms with van der Waals surface area (Å²) in [6, 6.07) is 1.68. The fraction of sp³-hybridized carbons (Fsp3) is 0.462. The van der Waals surface area contributed by atoms with Gasteiger partial charge in [0.05, 0.1) is 17.7 Å². The summed E-state index contributed by atoms with van der Waals surface area (Å²) >= 11 is 0. The van der Waals surface area contributed by atoms with Crippen molar-refractivity contribution in [1.29, 1.82) is 0 Å². The molecule has 19 heavy (non-hydrogen) atoms. The molecule has 2 aromatic rings. The van der Waals surface area contributed by atoms with Gasteiger partial charge >= 0.3 is 0 Å². The molecule has 1 amide bonds. The largest absolute Gasteiger partial charge is 0.472 e. The molecule has 100 valence electrons. The van der Waals surface area contributed by atoms with E-state index in [1.807, 2.05) is 4.90 Å². The van der Waals surface area contributed by atoms with Gasteiger partial charge in [0.25, 0.3) is 5.91 Å². The molecule has 3 rings (SSSR count). The number of piperidine rings is 1. The molecule has 0 unspecified atom stereocenters. The zero-order valence-electron chi connectivity index (χ0n) is 10.7. The van der Waals surface area contributed by atoms with E-state index in [0.717, 1.165) is 19.4 Å². The molecule has 6 nitrogen and oxygen atoms in total. The van der Waals surface area contributed by atoms with E-state index in [-0.39, 0.29) is 11.8 Å². The molecular formula is C13H15N3O3. The Morgan fingerprint density at radius 3 is 3.11 bits per heavy atom. The molecule has 2 aromatic heterocycles. The van der Waals surface area contributed by atoms with Crippen molar-refractivity contribution in [3.8, 4) is 0 Å². The van der Waals surface area contributed by atoms with Crippen LogP contribution >= 0.6 is 0 Å². The topological polar surface area (TPSA) is 72.4 Å². The van der Waals surface area contributed by atoms with E-state index in [4.69, 9.17) is 8.94 Å². The summed E-state index contributed by atoms with van der Waals surface area (Å²) in [5.41, 5.74) is 0.586. The maximum Gasteiger partial charge on any atom is 0.257 e. The van der Waals surface area contributed by atoms with E-state index in [1.54, 1.807) is 13.0 Å². The first-order chi connectivity index (χ1) is 9.24. The number of likely N-dealkylation sites (tertiary alicyclic amines) is 1. The Morgan fingerprint density at radius 1 is 1.53 bits per heavy atom. The van der Waals surface area contributed by atoms with Gasteiger partial charge in [0.2, 0.25) is 5.89 Å². The number of aromatic nitrogens is 2. The summed E-state index contributed by atoms with van der Waals surface area (Å²) in [5.74, 6) is 1.39. The molecule has 0 aromatic carbocycles. The van der Waals surface area contributed by atoms with Crippen molar-refractivity contribution in [2.45, 2.75) is 25.7 Å². The maximum atomic E-state index is 12.2. The van der Waals surface area contributed by atoms with Gasteiger partial charge in [-0.25, -0.2) is 0 Å². The summed E-state index contributed by atoms with van der Waals surface area (Å²) in [5, 5.41) is 3.81. The number of nitrogens with zero attached hydrogens (tertiary/aromatic N) is 3. The molecule has 0 bridgehead atoms. The summed E-state index contributed by atoms with van der Waals surface area (Å²) in [4.78, 5) is 18.3. The predicted octanol–water partition coefficient (Wildman–Crippen LogP) is 1.99. The first-order valence-electron chi connectivity index (χ1n) is 6.35. The SMILES string of the molecule is Cc1noc([C@H]2CCCN(C(=O)c3ccoc3)C2)n1. The molecule has 1 aliphatic rings. The van der Waals surface area contributed by atoms with Gasteiger partial charge in [-0.15, -0.1) is 0 Å². The molecular weight excluding hydrogens is 246 g/mol. The lowest BCUT2D eigenvalue weighted by Crippen LogP contribution is -2.39. The molecule has 1 saturated heterocycles. The standard InChI is InChI=1S/C13H15N3O3/c1-9-14-12(19-15-9)10-3-2-5-16(7-10)13(17)11-4-6-18-8-11/h4,6,8,10H,2-3,5,7H2,1H3/t10-/m0/s1. The second kappa shape index (κ2) is 4.87. The Labute approximate surface area is 110 Å². The number of hydrogen-bond donors (Lipinski definition) is 0. The minimum absolute atomic E-state index is 0.00492. The highest BCUT2D eigenvalue weighted by Crippen LogP contribution is 2.26. The summed E-state index contributed by atoms with van der Waals surface area (Å²) < 4.78 is 10.2. The van der Waals surface area contributed by atoms with Gasteiger partial charge in [-0.05, 0) is 25.8 Å². The Balaban J connectivity index is 1.73. The van der Waals surface area contributed by atoms with Gasteiger partial charge in [-0.2, -0.15) is 4.98 Å². The van der Waals surface area contributed by atoms with Gasteiger partial charge in [-0.3, -0.25) is 4.79 Å². The van der Waals surface area contributed by atoms with Crippen LogP contribution in [0.15, 0.2) is 27.5 Å². The molecule has 1 fully saturated rings. The number of hydrogen-bond acceptors (Lipinski definition) is 5. The minimum Gasteiger partial charge on any atom is -0.472 e. The lowest BCUT2D eigenvalue weighted by atomic mass is 9.97. The minimum atomic E-state index is -0.00492. The van der Waals surface area contributed by atoms with Crippen LogP contribution in [-0.4, -0.2) is 34.0 Å². The van der Waals surface area contributed by atoms with Crippen LogP contribution in [0.25, 0.3) is 0 Å². The zero-order valence-corrected chi connectivity index (χ0v) is 10.7. The fourth-order valence-electron chi connectivity index (χ4n) is 2.41. The second-order valence-electron chi connectivity index (χ2n) is 4.78. The fourth-order valence-corrected chi connectivity index (χ4v) is 2.41. The smallest absolute Gasteiger partial charge is 0.257 e. The van der Waals surface area contributed by atoms with Crippen LogP contribution in [0.3, 0.4) is 0 Å². The lowest BCUT2D eigenvalue weighted by molar-refractivity contribution is 0.0695. The van der Waals surface area contributed by atoms with Crippen molar-refractivity contribution in [3.05, 3.63) is 35.9 Å². The Bertz CT molecular complexity index is 561. The molecule has 1 aliphatic heterocycles. The van der Waals surface area contributed by atoms with Crippen LogP contribution in [0.2, 0.25) is 0 Å². The summed E-state index contributed by atoms with van der Waals surface area (Å²) in [7, 11) is 0. The van der Waals surface area contributed by atoms with Gasteiger partial charge in [0, 0.05) is 13.1 Å². The number of carbonyl (C=O) groups excluding carboxylic acids is 1. The molecule has 3 heterocycles. The van der Waals surface area contributed by atoms with E-state index in [2.05, 4.69) is 10.1 Å². The lowest BCUT2D eigenvalue weighted by Gasteiger charge is -2.30. The summed E-state index contributed by atoms with van der Waals surface area (Å²) in [6.45, 7) is 3.17. The van der Waals surface area contributed by atoms with Gasteiger partial charge < -0.3 is 13.8 Å². The van der Waals surface area contributed by atoms with Crippen LogP contribution < -0.4 is 0 Å². The van der Waals surface area contributed by atoms with Gasteiger partial charge in [-0.1, -0.05) is 5.16 Å². The molecule has 0 aliphatic carbocycles. The highest BCUT2D eigenvalue weighted by molar-refractivity contribution is 5.93. The molecule has 0 saturated carbocycles. The van der Waals surface area contributed by atoms with Crippen LogP contribution in [0.5, 0.6) is 0 Å². The number of amides is 1. The summed E-state index contributed by atoms with van der Waals surface area (Å²) in [6.07, 6.45) is 4.89. The van der Waals surface area contributed by atoms with E-state index >= 15 is 0 Å². The third-order valence-corrected chi connectivity index (χ3v) is 3.37. The monoisotopic (exact) mass is 261 g/mol. The highest BCUT2D eigenvalue weighted by atomic mass is 16.5. The Morgan fingerprint density at radius 2 is 2.42 bits per heavy atom. The first kappa shape index (κ1) is 12.0. The van der Waals surface area contributed by atoms with Crippen molar-refractivity contribution in [3.63, 3.8) is 0 Å². The van der Waals surface area contributed by atoms with Gasteiger partial charge in [0.1, 0.15) is 6.26 Å². The maximum absolute atomic E-state index is 12.2. The van der Waals surface area contributed by atoms with E-state index in [0.29, 0.717) is 23.8 Å². The van der Waals surface area contributed by atoms with Crippen LogP contribution in [0, 0.1) is 6.92 Å². The Hall–Kier alpha value is -2.11. The normalized spacial score (nSPS) is 19.6. The molecule has 0 radical (unpaired) electrons. The van der Waals surface area contributed by atoms with Crippen LogP contribution in [0.1, 0.15) is 40.8 Å². The number of furan rings is 1. The van der Waals surface area contributed by atoms with Crippen molar-refractivity contribution in [1.82, 2.24) is 15.0 Å². The molecule has 1 atom stereocenters. The van der Waals surface area contributed by atoms with E-state index in [9.17, 15) is 4.79 Å². The molecule has 0 N–H and O–H groups in total. The van der Waals surface area contributed by atoms with E-state index < -0.39 is 0 Å². The molecule has 6 heteroatoms. The third kappa shape index (κ3) is 2.38. The van der Waals surface area contributed by atoms with Crippen LogP contribution in [0.4, 0.5) is 0 Å². The Kier molecular flexibility index (Phi) is 3.06. The third-order valence-electron chi connectivity index (χ3n) is 3.37. The van der Waals surface area contributed by atoms with Crippen LogP contribution in [-0.2, 0) is 0 Å². The average Bonchev–Trinajstić information content (AvgIpc) is 3.09.